The van der Waals surface area contributed by atoms with Gasteiger partial charge in [0.1, 0.15) is 0 Å². The minimum absolute atomic E-state index is 0.337. The standard InChI is InChI=1S/C13H24N2/c1-4-13(3,5-2)12-10-8-6-7-9-11(10)14-15-12/h10-11,14H,4-9H2,1-3H3. The van der Waals surface area contributed by atoms with E-state index in [4.69, 9.17) is 0 Å². The first-order valence-corrected chi connectivity index (χ1v) is 6.55. The summed E-state index contributed by atoms with van der Waals surface area (Å²) in [6, 6.07) is 0.658. The van der Waals surface area contributed by atoms with E-state index in [2.05, 4.69) is 31.3 Å². The molecule has 1 saturated carbocycles. The Bertz CT molecular complexity index is 253. The first-order valence-electron chi connectivity index (χ1n) is 6.55. The molecule has 2 aliphatic rings. The zero-order valence-electron chi connectivity index (χ0n) is 10.3. The SMILES string of the molecule is CCC(C)(CC)C1=NNC2CCCCC12. The third-order valence-electron chi connectivity index (χ3n) is 4.65. The van der Waals surface area contributed by atoms with E-state index in [9.17, 15) is 0 Å². The average molecular weight is 208 g/mol. The van der Waals surface area contributed by atoms with Crippen LogP contribution in [0, 0.1) is 11.3 Å². The van der Waals surface area contributed by atoms with E-state index in [1.807, 2.05) is 0 Å². The highest BCUT2D eigenvalue weighted by Crippen LogP contribution is 2.39. The molecule has 86 valence electrons. The van der Waals surface area contributed by atoms with Gasteiger partial charge in [0, 0.05) is 17.0 Å². The van der Waals surface area contributed by atoms with Gasteiger partial charge in [-0.25, -0.2) is 0 Å². The van der Waals surface area contributed by atoms with Crippen molar-refractivity contribution < 1.29 is 0 Å². The van der Waals surface area contributed by atoms with Gasteiger partial charge in [-0.3, -0.25) is 0 Å². The molecule has 0 bridgehead atoms. The Kier molecular flexibility index (Phi) is 3.03. The summed E-state index contributed by atoms with van der Waals surface area (Å²) in [5, 5.41) is 4.66. The third kappa shape index (κ3) is 1.79. The molecule has 0 aromatic heterocycles. The number of rotatable bonds is 3. The van der Waals surface area contributed by atoms with Crippen LogP contribution >= 0.6 is 0 Å². The topological polar surface area (TPSA) is 24.4 Å². The van der Waals surface area contributed by atoms with Gasteiger partial charge in [0.15, 0.2) is 0 Å². The van der Waals surface area contributed by atoms with Crippen LogP contribution in [0.25, 0.3) is 0 Å². The van der Waals surface area contributed by atoms with Gasteiger partial charge in [0.25, 0.3) is 0 Å². The first kappa shape index (κ1) is 11.0. The zero-order chi connectivity index (χ0) is 10.9. The predicted octanol–water partition coefficient (Wildman–Crippen LogP) is 3.33. The highest BCUT2D eigenvalue weighted by atomic mass is 15.3. The fraction of sp³-hybridized carbons (Fsp3) is 0.923. The van der Waals surface area contributed by atoms with Crippen LogP contribution in [0.3, 0.4) is 0 Å². The largest absolute Gasteiger partial charge is 0.306 e. The van der Waals surface area contributed by atoms with Gasteiger partial charge in [-0.1, -0.05) is 33.6 Å². The molecule has 1 fully saturated rings. The van der Waals surface area contributed by atoms with E-state index >= 15 is 0 Å². The molecule has 0 amide bonds. The highest BCUT2D eigenvalue weighted by molar-refractivity contribution is 5.93. The van der Waals surface area contributed by atoms with E-state index in [1.54, 1.807) is 0 Å². The molecule has 0 aromatic rings. The summed E-state index contributed by atoms with van der Waals surface area (Å²) in [5.74, 6) is 0.739. The highest BCUT2D eigenvalue weighted by Gasteiger charge is 2.41. The van der Waals surface area contributed by atoms with Crippen LogP contribution in [-0.2, 0) is 0 Å². The van der Waals surface area contributed by atoms with Gasteiger partial charge in [-0.05, 0) is 25.7 Å². The molecular weight excluding hydrogens is 184 g/mol. The van der Waals surface area contributed by atoms with Gasteiger partial charge >= 0.3 is 0 Å². The van der Waals surface area contributed by atoms with E-state index in [1.165, 1.54) is 44.2 Å². The lowest BCUT2D eigenvalue weighted by atomic mass is 9.70. The summed E-state index contributed by atoms with van der Waals surface area (Å²) in [5.41, 5.74) is 5.18. The second kappa shape index (κ2) is 4.15. The molecule has 2 unspecified atom stereocenters. The molecule has 1 heterocycles. The summed E-state index contributed by atoms with van der Waals surface area (Å²) < 4.78 is 0. The smallest absolute Gasteiger partial charge is 0.0521 e. The molecule has 0 radical (unpaired) electrons. The van der Waals surface area contributed by atoms with Gasteiger partial charge in [-0.15, -0.1) is 0 Å². The molecular formula is C13H24N2. The van der Waals surface area contributed by atoms with Crippen LogP contribution < -0.4 is 5.43 Å². The van der Waals surface area contributed by atoms with E-state index in [0.29, 0.717) is 11.5 Å². The molecule has 2 rings (SSSR count). The molecule has 1 aliphatic heterocycles. The molecule has 0 saturated heterocycles. The Hall–Kier alpha value is -0.530. The van der Waals surface area contributed by atoms with Crippen molar-refractivity contribution in [3.63, 3.8) is 0 Å². The third-order valence-corrected chi connectivity index (χ3v) is 4.65. The normalized spacial score (nSPS) is 30.7. The Morgan fingerprint density at radius 3 is 2.60 bits per heavy atom. The zero-order valence-corrected chi connectivity index (χ0v) is 10.3. The Morgan fingerprint density at radius 2 is 1.93 bits per heavy atom. The number of hydrazone groups is 1. The fourth-order valence-corrected chi connectivity index (χ4v) is 3.04. The maximum Gasteiger partial charge on any atom is 0.0521 e. The molecule has 0 aromatic carbocycles. The molecule has 2 heteroatoms. The van der Waals surface area contributed by atoms with E-state index < -0.39 is 0 Å². The maximum atomic E-state index is 4.66. The van der Waals surface area contributed by atoms with Crippen LogP contribution in [0.5, 0.6) is 0 Å². The number of fused-ring (bicyclic) bond motifs is 1. The summed E-state index contributed by atoms with van der Waals surface area (Å²) in [4.78, 5) is 0. The number of hydrogen-bond acceptors (Lipinski definition) is 2. The fourth-order valence-electron chi connectivity index (χ4n) is 3.04. The van der Waals surface area contributed by atoms with Gasteiger partial charge in [0.2, 0.25) is 0 Å². The van der Waals surface area contributed by atoms with Crippen LogP contribution in [0.15, 0.2) is 5.10 Å². The molecule has 0 spiro atoms. The predicted molar refractivity (Wildman–Crippen MR) is 65.0 cm³/mol. The van der Waals surface area contributed by atoms with E-state index in [0.717, 1.165) is 5.92 Å². The Labute approximate surface area is 93.5 Å². The van der Waals surface area contributed by atoms with Gasteiger partial charge in [-0.2, -0.15) is 5.10 Å². The Morgan fingerprint density at radius 1 is 1.27 bits per heavy atom. The molecule has 15 heavy (non-hydrogen) atoms. The first-order chi connectivity index (χ1) is 7.21. The Balaban J connectivity index is 2.15. The van der Waals surface area contributed by atoms with Gasteiger partial charge in [0.05, 0.1) is 6.04 Å². The summed E-state index contributed by atoms with van der Waals surface area (Å²) in [6.07, 6.45) is 7.88. The minimum Gasteiger partial charge on any atom is -0.306 e. The monoisotopic (exact) mass is 208 g/mol. The summed E-state index contributed by atoms with van der Waals surface area (Å²) >= 11 is 0. The number of nitrogens with one attached hydrogen (secondary N) is 1. The quantitative estimate of drug-likeness (QED) is 0.756. The lowest BCUT2D eigenvalue weighted by molar-refractivity contribution is 0.332. The van der Waals surface area contributed by atoms with Crippen molar-refractivity contribution >= 4 is 5.71 Å². The van der Waals surface area contributed by atoms with E-state index in [-0.39, 0.29) is 0 Å². The number of hydrogen-bond donors (Lipinski definition) is 1. The van der Waals surface area contributed by atoms with Crippen molar-refractivity contribution in [2.24, 2.45) is 16.4 Å². The van der Waals surface area contributed by atoms with Crippen LogP contribution in [0.2, 0.25) is 0 Å². The van der Waals surface area contributed by atoms with Crippen molar-refractivity contribution in [2.45, 2.75) is 65.3 Å². The van der Waals surface area contributed by atoms with Crippen molar-refractivity contribution in [3.05, 3.63) is 0 Å². The lowest BCUT2D eigenvalue weighted by Crippen LogP contribution is -2.38. The lowest BCUT2D eigenvalue weighted by Gasteiger charge is -2.33. The second-order valence-electron chi connectivity index (χ2n) is 5.39. The van der Waals surface area contributed by atoms with Crippen molar-refractivity contribution in [1.82, 2.24) is 5.43 Å². The molecule has 1 aliphatic carbocycles. The van der Waals surface area contributed by atoms with Crippen LogP contribution in [0.4, 0.5) is 0 Å². The maximum absolute atomic E-state index is 4.66. The molecule has 2 nitrogen and oxygen atoms in total. The molecule has 2 atom stereocenters. The van der Waals surface area contributed by atoms with Crippen molar-refractivity contribution in [3.8, 4) is 0 Å². The van der Waals surface area contributed by atoms with Crippen LogP contribution in [-0.4, -0.2) is 11.8 Å². The van der Waals surface area contributed by atoms with Crippen molar-refractivity contribution in [1.29, 1.82) is 0 Å². The van der Waals surface area contributed by atoms with Gasteiger partial charge < -0.3 is 5.43 Å². The second-order valence-corrected chi connectivity index (χ2v) is 5.39. The van der Waals surface area contributed by atoms with Crippen LogP contribution in [0.1, 0.15) is 59.3 Å². The molecule has 1 N–H and O–H groups in total. The average Bonchev–Trinajstić information content (AvgIpc) is 2.72. The minimum atomic E-state index is 0.337. The summed E-state index contributed by atoms with van der Waals surface area (Å²) in [6.45, 7) is 6.97. The number of nitrogens with zero attached hydrogens (tertiary/aromatic N) is 1. The summed E-state index contributed by atoms with van der Waals surface area (Å²) in [7, 11) is 0. The van der Waals surface area contributed by atoms with Crippen molar-refractivity contribution in [2.75, 3.05) is 0 Å².